The molecule has 0 spiro atoms. The summed E-state index contributed by atoms with van der Waals surface area (Å²) in [5.41, 5.74) is 0.0169. The lowest BCUT2D eigenvalue weighted by molar-refractivity contribution is -0.122. The predicted octanol–water partition coefficient (Wildman–Crippen LogP) is 1.65. The molecule has 2 heterocycles. The van der Waals surface area contributed by atoms with Gasteiger partial charge < -0.3 is 5.11 Å². The van der Waals surface area contributed by atoms with Crippen molar-refractivity contribution in [2.45, 2.75) is 20.3 Å². The molecule has 0 saturated carbocycles. The van der Waals surface area contributed by atoms with Crippen molar-refractivity contribution in [1.82, 2.24) is 0 Å². The fraction of sp³-hybridized carbons (Fsp3) is 0.364. The molecule has 1 unspecified atom stereocenters. The van der Waals surface area contributed by atoms with Crippen LogP contribution in [0, 0.1) is 12.8 Å². The maximum Gasteiger partial charge on any atom is 0.338 e. The molecule has 1 atom stereocenters. The molecule has 1 fully saturated rings. The van der Waals surface area contributed by atoms with Crippen LogP contribution in [-0.2, 0) is 9.59 Å². The molecule has 0 bridgehead atoms. The Hall–Kier alpha value is -1.69. The van der Waals surface area contributed by atoms with Gasteiger partial charge in [0.2, 0.25) is 11.8 Å². The summed E-state index contributed by atoms with van der Waals surface area (Å²) in [6.07, 6.45) is 0.148. The van der Waals surface area contributed by atoms with E-state index in [4.69, 9.17) is 5.11 Å². The predicted molar refractivity (Wildman–Crippen MR) is 62.3 cm³/mol. The zero-order valence-electron chi connectivity index (χ0n) is 9.39. The summed E-state index contributed by atoms with van der Waals surface area (Å²) >= 11 is 1.15. The Morgan fingerprint density at radius 3 is 2.65 bits per heavy atom. The second kappa shape index (κ2) is 3.96. The fourth-order valence-electron chi connectivity index (χ4n) is 1.82. The third-order valence-electron chi connectivity index (χ3n) is 2.64. The summed E-state index contributed by atoms with van der Waals surface area (Å²) < 4.78 is 0. The Kier molecular flexibility index (Phi) is 2.74. The summed E-state index contributed by atoms with van der Waals surface area (Å²) in [5.74, 6) is -2.14. The van der Waals surface area contributed by atoms with E-state index in [1.165, 1.54) is 6.07 Å². The van der Waals surface area contributed by atoms with Crippen LogP contribution in [0.1, 0.15) is 28.6 Å². The molecule has 1 aliphatic rings. The molecule has 6 heteroatoms. The first-order valence-corrected chi connectivity index (χ1v) is 5.94. The number of nitrogens with zero attached hydrogens (tertiary/aromatic N) is 1. The van der Waals surface area contributed by atoms with Crippen molar-refractivity contribution in [1.29, 1.82) is 0 Å². The third kappa shape index (κ3) is 1.84. The van der Waals surface area contributed by atoms with Crippen LogP contribution in [0.25, 0.3) is 0 Å². The van der Waals surface area contributed by atoms with E-state index in [1.807, 2.05) is 0 Å². The zero-order valence-corrected chi connectivity index (χ0v) is 10.2. The summed E-state index contributed by atoms with van der Waals surface area (Å²) in [4.78, 5) is 36.3. The van der Waals surface area contributed by atoms with Crippen molar-refractivity contribution in [2.75, 3.05) is 4.90 Å². The molecular weight excluding hydrogens is 242 g/mol. The molecule has 17 heavy (non-hydrogen) atoms. The number of aromatic carboxylic acids is 1. The maximum atomic E-state index is 11.8. The highest BCUT2D eigenvalue weighted by Gasteiger charge is 2.39. The lowest BCUT2D eigenvalue weighted by Gasteiger charge is -2.12. The van der Waals surface area contributed by atoms with E-state index in [9.17, 15) is 14.4 Å². The number of carboxylic acids is 1. The Labute approximate surface area is 102 Å². The van der Waals surface area contributed by atoms with E-state index in [-0.39, 0.29) is 34.7 Å². The van der Waals surface area contributed by atoms with Crippen molar-refractivity contribution < 1.29 is 19.5 Å². The monoisotopic (exact) mass is 253 g/mol. The van der Waals surface area contributed by atoms with E-state index in [1.54, 1.807) is 13.8 Å². The Morgan fingerprint density at radius 1 is 1.53 bits per heavy atom. The van der Waals surface area contributed by atoms with E-state index in [2.05, 4.69) is 0 Å². The minimum atomic E-state index is -1.12. The van der Waals surface area contributed by atoms with Gasteiger partial charge in [-0.2, -0.15) is 0 Å². The van der Waals surface area contributed by atoms with Gasteiger partial charge >= 0.3 is 5.97 Å². The van der Waals surface area contributed by atoms with E-state index in [0.717, 1.165) is 21.1 Å². The second-order valence-corrected chi connectivity index (χ2v) is 5.29. The van der Waals surface area contributed by atoms with E-state index >= 15 is 0 Å². The number of aryl methyl sites for hydroxylation is 1. The van der Waals surface area contributed by atoms with Gasteiger partial charge in [0.15, 0.2) is 0 Å². The summed E-state index contributed by atoms with van der Waals surface area (Å²) in [6.45, 7) is 3.41. The first-order chi connectivity index (χ1) is 7.91. The molecule has 2 amide bonds. The minimum Gasteiger partial charge on any atom is -0.478 e. The Bertz CT molecular complexity index is 520. The van der Waals surface area contributed by atoms with Gasteiger partial charge in [-0.15, -0.1) is 11.3 Å². The first kappa shape index (κ1) is 11.8. The molecule has 5 nitrogen and oxygen atoms in total. The van der Waals surface area contributed by atoms with Crippen LogP contribution in [0.3, 0.4) is 0 Å². The smallest absolute Gasteiger partial charge is 0.338 e. The number of carboxylic acid groups (broad SMARTS) is 1. The number of carbonyl (C=O) groups excluding carboxylic acids is 2. The van der Waals surface area contributed by atoms with Crippen LogP contribution in [-0.4, -0.2) is 22.9 Å². The SMILES string of the molecule is Cc1cc(C(=O)O)c(N2C(=O)CC(C)C2=O)s1. The summed E-state index contributed by atoms with van der Waals surface area (Å²) in [7, 11) is 0. The number of rotatable bonds is 2. The van der Waals surface area contributed by atoms with Crippen LogP contribution >= 0.6 is 11.3 Å². The Balaban J connectivity index is 2.50. The van der Waals surface area contributed by atoms with Gasteiger partial charge in [0, 0.05) is 17.2 Å². The minimum absolute atomic E-state index is 0.0169. The molecular formula is C11H11NO4S. The van der Waals surface area contributed by atoms with Crippen LogP contribution < -0.4 is 4.90 Å². The summed E-state index contributed by atoms with van der Waals surface area (Å²) in [6, 6.07) is 1.48. The van der Waals surface area contributed by atoms with Gasteiger partial charge in [-0.25, -0.2) is 9.69 Å². The lowest BCUT2D eigenvalue weighted by Crippen LogP contribution is -2.30. The van der Waals surface area contributed by atoms with Crippen LogP contribution in [0.15, 0.2) is 6.07 Å². The van der Waals surface area contributed by atoms with Crippen LogP contribution in [0.4, 0.5) is 5.00 Å². The number of anilines is 1. The largest absolute Gasteiger partial charge is 0.478 e. The molecule has 0 aromatic carbocycles. The second-order valence-electron chi connectivity index (χ2n) is 4.05. The average Bonchev–Trinajstić information content (AvgIpc) is 2.70. The zero-order chi connectivity index (χ0) is 12.7. The lowest BCUT2D eigenvalue weighted by atomic mass is 10.1. The third-order valence-corrected chi connectivity index (χ3v) is 3.68. The highest BCUT2D eigenvalue weighted by molar-refractivity contribution is 7.17. The molecule has 90 valence electrons. The molecule has 0 radical (unpaired) electrons. The van der Waals surface area contributed by atoms with E-state index < -0.39 is 5.97 Å². The topological polar surface area (TPSA) is 74.7 Å². The number of carbonyl (C=O) groups is 3. The number of amides is 2. The number of thiophene rings is 1. The Morgan fingerprint density at radius 2 is 2.18 bits per heavy atom. The molecule has 1 aromatic rings. The van der Waals surface area contributed by atoms with Gasteiger partial charge in [0.05, 0.1) is 5.56 Å². The van der Waals surface area contributed by atoms with Gasteiger partial charge in [0.25, 0.3) is 0 Å². The van der Waals surface area contributed by atoms with Gasteiger partial charge in [-0.1, -0.05) is 6.92 Å². The van der Waals surface area contributed by atoms with Gasteiger partial charge in [0.1, 0.15) is 5.00 Å². The number of hydrogen-bond donors (Lipinski definition) is 1. The summed E-state index contributed by atoms with van der Waals surface area (Å²) in [5, 5.41) is 9.27. The molecule has 1 N–H and O–H groups in total. The molecule has 1 aliphatic heterocycles. The number of hydrogen-bond acceptors (Lipinski definition) is 4. The van der Waals surface area contributed by atoms with Crippen molar-refractivity contribution in [2.24, 2.45) is 5.92 Å². The van der Waals surface area contributed by atoms with Gasteiger partial charge in [-0.05, 0) is 13.0 Å². The molecule has 2 rings (SSSR count). The number of imide groups is 1. The van der Waals surface area contributed by atoms with E-state index in [0.29, 0.717) is 0 Å². The molecule has 1 aromatic heterocycles. The van der Waals surface area contributed by atoms with Crippen molar-refractivity contribution in [3.05, 3.63) is 16.5 Å². The normalized spacial score (nSPS) is 20.1. The fourth-order valence-corrected chi connectivity index (χ4v) is 2.84. The van der Waals surface area contributed by atoms with Crippen molar-refractivity contribution >= 4 is 34.1 Å². The van der Waals surface area contributed by atoms with Crippen molar-refractivity contribution in [3.8, 4) is 0 Å². The molecule has 1 saturated heterocycles. The quantitative estimate of drug-likeness (QED) is 0.813. The first-order valence-electron chi connectivity index (χ1n) is 5.12. The van der Waals surface area contributed by atoms with Crippen LogP contribution in [0.5, 0.6) is 0 Å². The average molecular weight is 253 g/mol. The maximum absolute atomic E-state index is 11.8. The highest BCUT2D eigenvalue weighted by Crippen LogP contribution is 2.35. The standard InChI is InChI=1S/C11H11NO4S/c1-5-3-8(13)12(9(5)14)10-7(11(15)16)4-6(2)17-10/h4-5H,3H2,1-2H3,(H,15,16). The van der Waals surface area contributed by atoms with Crippen molar-refractivity contribution in [3.63, 3.8) is 0 Å². The highest BCUT2D eigenvalue weighted by atomic mass is 32.1. The molecule has 0 aliphatic carbocycles. The van der Waals surface area contributed by atoms with Gasteiger partial charge in [-0.3, -0.25) is 9.59 Å². The van der Waals surface area contributed by atoms with Crippen LogP contribution in [0.2, 0.25) is 0 Å².